The van der Waals surface area contributed by atoms with Crippen LogP contribution in [0.3, 0.4) is 0 Å². The van der Waals surface area contributed by atoms with Crippen LogP contribution in [0.4, 0.5) is 0 Å². The number of aliphatic hydroxyl groups is 1. The van der Waals surface area contributed by atoms with Gasteiger partial charge in [-0.2, -0.15) is 0 Å². The summed E-state index contributed by atoms with van der Waals surface area (Å²) in [6.45, 7) is -0.261. The van der Waals surface area contributed by atoms with Crippen molar-refractivity contribution in [2.24, 2.45) is 11.5 Å². The molecule has 0 radical (unpaired) electrons. The number of nitrogens with two attached hydrogens (primary N) is 2. The van der Waals surface area contributed by atoms with Gasteiger partial charge in [-0.25, -0.2) is 4.79 Å². The number of benzene rings is 1. The fourth-order valence-electron chi connectivity index (χ4n) is 1.59. The maximum Gasteiger partial charge on any atom is 0.341 e. The first-order valence-corrected chi connectivity index (χ1v) is 5.83. The van der Waals surface area contributed by atoms with Crippen molar-refractivity contribution in [3.63, 3.8) is 0 Å². The van der Waals surface area contributed by atoms with Crippen molar-refractivity contribution in [1.82, 2.24) is 0 Å². The number of ether oxygens (including phenoxy) is 2. The van der Waals surface area contributed by atoms with Crippen LogP contribution >= 0.6 is 0 Å². The van der Waals surface area contributed by atoms with E-state index in [2.05, 4.69) is 4.74 Å². The Morgan fingerprint density at radius 1 is 1.25 bits per heavy atom. The van der Waals surface area contributed by atoms with E-state index in [1.54, 1.807) is 18.2 Å². The highest BCUT2D eigenvalue weighted by atomic mass is 16.5. The molecule has 0 unspecified atom stereocenters. The van der Waals surface area contributed by atoms with E-state index in [0.29, 0.717) is 17.0 Å². The molecule has 0 aliphatic heterocycles. The zero-order valence-corrected chi connectivity index (χ0v) is 11.4. The van der Waals surface area contributed by atoms with Crippen molar-refractivity contribution in [2.75, 3.05) is 20.8 Å². The lowest BCUT2D eigenvalue weighted by atomic mass is 10.1. The minimum atomic E-state index is -0.512. The molecule has 6 heteroatoms. The molecular weight excluding hydrogens is 260 g/mol. The molecule has 0 aliphatic rings. The van der Waals surface area contributed by atoms with E-state index in [1.807, 2.05) is 0 Å². The third kappa shape index (κ3) is 3.52. The second kappa shape index (κ2) is 7.20. The number of methoxy groups -OCH3 is 2. The van der Waals surface area contributed by atoms with Crippen LogP contribution in [-0.4, -0.2) is 31.9 Å². The summed E-state index contributed by atoms with van der Waals surface area (Å²) < 4.78 is 9.92. The Bertz CT molecular complexity index is 550. The maximum absolute atomic E-state index is 11.7. The summed E-state index contributed by atoms with van der Waals surface area (Å²) in [6, 6.07) is 4.96. The molecule has 0 heterocycles. The summed E-state index contributed by atoms with van der Waals surface area (Å²) in [7, 11) is 2.73. The molecule has 0 amide bonds. The van der Waals surface area contributed by atoms with E-state index in [0.717, 1.165) is 0 Å². The Labute approximate surface area is 117 Å². The quantitative estimate of drug-likeness (QED) is 0.538. The van der Waals surface area contributed by atoms with Gasteiger partial charge in [0.05, 0.1) is 20.8 Å². The van der Waals surface area contributed by atoms with Crippen LogP contribution in [0.5, 0.6) is 5.75 Å². The summed E-state index contributed by atoms with van der Waals surface area (Å²) in [5.74, 6) is -0.189. The van der Waals surface area contributed by atoms with Gasteiger partial charge in [-0.3, -0.25) is 0 Å². The zero-order valence-electron chi connectivity index (χ0n) is 11.4. The van der Waals surface area contributed by atoms with E-state index < -0.39 is 5.97 Å². The lowest BCUT2D eigenvalue weighted by molar-refractivity contribution is 0.0597. The van der Waals surface area contributed by atoms with Gasteiger partial charge in [0.2, 0.25) is 0 Å². The molecule has 108 valence electrons. The normalized spacial score (nSPS) is 12.2. The molecule has 0 saturated heterocycles. The number of para-hydroxylation sites is 1. The Hall–Kier alpha value is -2.47. The molecule has 1 aromatic carbocycles. The first kappa shape index (κ1) is 15.6. The second-order valence-corrected chi connectivity index (χ2v) is 3.90. The van der Waals surface area contributed by atoms with Gasteiger partial charge in [0.1, 0.15) is 11.3 Å². The van der Waals surface area contributed by atoms with Crippen LogP contribution in [-0.2, 0) is 4.74 Å². The summed E-state index contributed by atoms with van der Waals surface area (Å²) >= 11 is 0. The van der Waals surface area contributed by atoms with E-state index >= 15 is 0 Å². The molecule has 0 atom stereocenters. The smallest absolute Gasteiger partial charge is 0.341 e. The Kier molecular flexibility index (Phi) is 5.61. The van der Waals surface area contributed by atoms with Gasteiger partial charge in [-0.1, -0.05) is 6.07 Å². The predicted molar refractivity (Wildman–Crippen MR) is 75.9 cm³/mol. The Morgan fingerprint density at radius 2 is 1.90 bits per heavy atom. The molecule has 5 N–H and O–H groups in total. The molecule has 6 nitrogen and oxygen atoms in total. The summed E-state index contributed by atoms with van der Waals surface area (Å²) in [5.41, 5.74) is 12.9. The van der Waals surface area contributed by atoms with Gasteiger partial charge in [0, 0.05) is 17.0 Å². The number of carbonyl (C=O) groups excluding carboxylic acids is 1. The fraction of sp³-hybridized carbons (Fsp3) is 0.214. The molecule has 0 bridgehead atoms. The summed E-state index contributed by atoms with van der Waals surface area (Å²) in [6.07, 6.45) is 3.02. The highest BCUT2D eigenvalue weighted by Crippen LogP contribution is 2.28. The van der Waals surface area contributed by atoms with Crippen LogP contribution in [0.2, 0.25) is 0 Å². The van der Waals surface area contributed by atoms with E-state index in [1.165, 1.54) is 26.4 Å². The standard InChI is InChI=1S/C14H18N2O4/c1-19-13-10(12(16)7-6-9(15)8-17)4-3-5-11(13)14(18)20-2/h3-7,17H,8,15-16H2,1-2H3/b9-6-,12-7-. The Morgan fingerprint density at radius 3 is 2.45 bits per heavy atom. The minimum absolute atomic E-state index is 0.261. The highest BCUT2D eigenvalue weighted by Gasteiger charge is 2.16. The number of hydrogen-bond acceptors (Lipinski definition) is 6. The number of hydrogen-bond donors (Lipinski definition) is 3. The van der Waals surface area contributed by atoms with E-state index in [9.17, 15) is 4.79 Å². The van der Waals surface area contributed by atoms with Gasteiger partial charge in [-0.15, -0.1) is 0 Å². The lowest BCUT2D eigenvalue weighted by Gasteiger charge is -2.12. The van der Waals surface area contributed by atoms with Gasteiger partial charge in [0.25, 0.3) is 0 Å². The SMILES string of the molecule is COC(=O)c1cccc(/C(N)=C/C=C(\N)CO)c1OC. The number of rotatable bonds is 5. The van der Waals surface area contributed by atoms with Gasteiger partial charge >= 0.3 is 5.97 Å². The van der Waals surface area contributed by atoms with Crippen molar-refractivity contribution < 1.29 is 19.4 Å². The van der Waals surface area contributed by atoms with Gasteiger partial charge in [-0.05, 0) is 24.3 Å². The number of esters is 1. The van der Waals surface area contributed by atoms with Gasteiger partial charge < -0.3 is 26.0 Å². The van der Waals surface area contributed by atoms with Crippen molar-refractivity contribution in [3.05, 3.63) is 47.2 Å². The first-order valence-electron chi connectivity index (χ1n) is 5.83. The number of carbonyl (C=O) groups is 1. The lowest BCUT2D eigenvalue weighted by Crippen LogP contribution is -2.08. The molecule has 1 aromatic rings. The van der Waals surface area contributed by atoms with E-state index in [4.69, 9.17) is 21.3 Å². The van der Waals surface area contributed by atoms with Crippen molar-refractivity contribution >= 4 is 11.7 Å². The largest absolute Gasteiger partial charge is 0.495 e. The molecule has 0 saturated carbocycles. The number of aliphatic hydroxyl groups excluding tert-OH is 1. The van der Waals surface area contributed by atoms with Crippen molar-refractivity contribution in [2.45, 2.75) is 0 Å². The van der Waals surface area contributed by atoms with E-state index in [-0.39, 0.29) is 17.9 Å². The average Bonchev–Trinajstić information content (AvgIpc) is 2.50. The van der Waals surface area contributed by atoms with Crippen LogP contribution < -0.4 is 16.2 Å². The highest BCUT2D eigenvalue weighted by molar-refractivity contribution is 5.94. The summed E-state index contributed by atoms with van der Waals surface area (Å²) in [5, 5.41) is 8.82. The zero-order chi connectivity index (χ0) is 15.1. The minimum Gasteiger partial charge on any atom is -0.495 e. The molecule has 0 aromatic heterocycles. The fourth-order valence-corrected chi connectivity index (χ4v) is 1.59. The second-order valence-electron chi connectivity index (χ2n) is 3.90. The van der Waals surface area contributed by atoms with Crippen LogP contribution in [0, 0.1) is 0 Å². The van der Waals surface area contributed by atoms with Crippen molar-refractivity contribution in [3.8, 4) is 5.75 Å². The monoisotopic (exact) mass is 278 g/mol. The van der Waals surface area contributed by atoms with Crippen LogP contribution in [0.25, 0.3) is 5.70 Å². The molecule has 0 fully saturated rings. The third-order valence-corrected chi connectivity index (χ3v) is 2.60. The van der Waals surface area contributed by atoms with Crippen LogP contribution in [0.15, 0.2) is 36.0 Å². The van der Waals surface area contributed by atoms with Crippen LogP contribution in [0.1, 0.15) is 15.9 Å². The summed E-state index contributed by atoms with van der Waals surface area (Å²) in [4.78, 5) is 11.7. The number of allylic oxidation sites excluding steroid dienone is 2. The maximum atomic E-state index is 11.7. The van der Waals surface area contributed by atoms with Gasteiger partial charge in [0.15, 0.2) is 0 Å². The predicted octanol–water partition coefficient (Wildman–Crippen LogP) is 0.616. The molecule has 20 heavy (non-hydrogen) atoms. The Balaban J connectivity index is 3.28. The average molecular weight is 278 g/mol. The molecule has 0 aliphatic carbocycles. The molecule has 0 spiro atoms. The first-order chi connectivity index (χ1) is 9.54. The van der Waals surface area contributed by atoms with Crippen molar-refractivity contribution in [1.29, 1.82) is 0 Å². The topological polar surface area (TPSA) is 108 Å². The molecular formula is C14H18N2O4. The third-order valence-electron chi connectivity index (χ3n) is 2.60. The molecule has 1 rings (SSSR count).